The van der Waals surface area contributed by atoms with Crippen LogP contribution in [0.15, 0.2) is 131 Å². The van der Waals surface area contributed by atoms with Crippen LogP contribution in [-0.2, 0) is 16.6 Å². The minimum atomic E-state index is -1.87. The molecule has 0 atom stereocenters. The Hall–Kier alpha value is -2.13. The van der Waals surface area contributed by atoms with Crippen LogP contribution in [0.3, 0.4) is 0 Å². The zero-order valence-corrected chi connectivity index (χ0v) is 22.7. The molecule has 0 fully saturated rings. The zero-order chi connectivity index (χ0) is 21.3. The second kappa shape index (κ2) is 11.1. The van der Waals surface area contributed by atoms with Gasteiger partial charge in [0.05, 0.1) is 0 Å². The van der Waals surface area contributed by atoms with Crippen LogP contribution >= 0.6 is 0 Å². The number of rotatable bonds is 4. The molecule has 0 saturated heterocycles. The Labute approximate surface area is 220 Å². The molecule has 0 radical (unpaired) electrons. The van der Waals surface area contributed by atoms with E-state index >= 15 is 0 Å². The maximum Gasteiger partial charge on any atom is -1.00 e. The first kappa shape index (κ1) is 25.0. The number of fused-ring (bicyclic) bond motifs is 3. The SMILES string of the molecule is C1=CC[C]([Ti+2]([CH]2c3ccccc3-c3ccccc32)=[Si](c2ccccc2)c2ccccc2)=C1.[Cl-].[Cl-]. The van der Waals surface area contributed by atoms with E-state index in [0.717, 1.165) is 6.42 Å². The van der Waals surface area contributed by atoms with Crippen molar-refractivity contribution < 1.29 is 41.4 Å². The first-order chi connectivity index (χ1) is 15.9. The van der Waals surface area contributed by atoms with E-state index in [1.54, 1.807) is 25.4 Å². The van der Waals surface area contributed by atoms with E-state index in [2.05, 4.69) is 127 Å². The summed E-state index contributed by atoms with van der Waals surface area (Å²) in [5, 5.41) is 3.13. The predicted molar refractivity (Wildman–Crippen MR) is 133 cm³/mol. The van der Waals surface area contributed by atoms with Crippen LogP contribution < -0.4 is 35.2 Å². The van der Waals surface area contributed by atoms with Gasteiger partial charge in [0, 0.05) is 0 Å². The second-order valence-electron chi connectivity index (χ2n) is 8.45. The van der Waals surface area contributed by atoms with Crippen molar-refractivity contribution in [2.75, 3.05) is 0 Å². The van der Waals surface area contributed by atoms with Crippen molar-refractivity contribution in [3.05, 3.63) is 142 Å². The monoisotopic (exact) mass is 530 g/mol. The Morgan fingerprint density at radius 2 is 1.06 bits per heavy atom. The van der Waals surface area contributed by atoms with Gasteiger partial charge in [-0.1, -0.05) is 0 Å². The van der Waals surface area contributed by atoms with E-state index in [1.165, 1.54) is 11.1 Å². The number of hydrogen-bond donors (Lipinski definition) is 0. The Morgan fingerprint density at radius 3 is 1.53 bits per heavy atom. The van der Waals surface area contributed by atoms with Crippen molar-refractivity contribution in [1.82, 2.24) is 0 Å². The fourth-order valence-electron chi connectivity index (χ4n) is 5.29. The molecule has 34 heavy (non-hydrogen) atoms. The smallest absolute Gasteiger partial charge is 1.00 e. The molecule has 2 aliphatic carbocycles. The molecule has 0 aromatic heterocycles. The van der Waals surface area contributed by atoms with Gasteiger partial charge in [-0.25, -0.2) is 0 Å². The Kier molecular flexibility index (Phi) is 8.14. The van der Waals surface area contributed by atoms with Crippen LogP contribution in [0.1, 0.15) is 21.8 Å². The third kappa shape index (κ3) is 4.44. The quantitative estimate of drug-likeness (QED) is 0.327. The standard InChI is InChI=1S/C13H9.C12H10Si.C5H5.2ClH.Ti/c1-3-7-12-10(5-1)9-11-6-2-4-8-13(11)12;1-3-7-11(8-4-1)13-12-9-5-2-6-10-12;1-2-4-5-3-1;;;/h1-9H;1-10H;1-3H,4H2;2*1H;/q;;;;;+2/p-2. The van der Waals surface area contributed by atoms with Crippen LogP contribution in [0.4, 0.5) is 0 Å². The molecule has 0 amide bonds. The van der Waals surface area contributed by atoms with Gasteiger partial charge < -0.3 is 24.8 Å². The molecule has 166 valence electrons. The predicted octanol–water partition coefficient (Wildman–Crippen LogP) is 0.0323. The summed E-state index contributed by atoms with van der Waals surface area (Å²) in [4.78, 5) is 0. The fraction of sp³-hybridized carbons (Fsp3) is 0.0667. The molecule has 0 bridgehead atoms. The van der Waals surface area contributed by atoms with E-state index in [1.807, 2.05) is 0 Å². The summed E-state index contributed by atoms with van der Waals surface area (Å²) >= 11 is -1.87. The van der Waals surface area contributed by atoms with Gasteiger partial charge in [0.15, 0.2) is 0 Å². The Morgan fingerprint density at radius 1 is 0.588 bits per heavy atom. The van der Waals surface area contributed by atoms with Crippen LogP contribution in [-0.4, -0.2) is 6.19 Å². The van der Waals surface area contributed by atoms with E-state index in [4.69, 9.17) is 0 Å². The summed E-state index contributed by atoms with van der Waals surface area (Å²) in [5.41, 5.74) is 6.02. The van der Waals surface area contributed by atoms with Gasteiger partial charge in [-0.3, -0.25) is 0 Å². The summed E-state index contributed by atoms with van der Waals surface area (Å²) in [6, 6.07) is 41.2. The Bertz CT molecular complexity index is 1300. The minimum absolute atomic E-state index is 0. The van der Waals surface area contributed by atoms with Crippen LogP contribution in [0.2, 0.25) is 0 Å². The molecule has 0 heterocycles. The van der Waals surface area contributed by atoms with Crippen molar-refractivity contribution >= 4 is 16.6 Å². The molecule has 0 nitrogen and oxygen atoms in total. The molecule has 0 spiro atoms. The average Bonchev–Trinajstić information content (AvgIpc) is 3.51. The minimum Gasteiger partial charge on any atom is -1.00 e. The normalized spacial score (nSPS) is 13.0. The summed E-state index contributed by atoms with van der Waals surface area (Å²) in [5.74, 6) is 0. The third-order valence-electron chi connectivity index (χ3n) is 6.63. The van der Waals surface area contributed by atoms with Gasteiger partial charge in [-0.2, -0.15) is 0 Å². The zero-order valence-electron chi connectivity index (χ0n) is 18.7. The van der Waals surface area contributed by atoms with Gasteiger partial charge in [-0.05, 0) is 0 Å². The van der Waals surface area contributed by atoms with Crippen LogP contribution in [0.5, 0.6) is 0 Å². The number of benzene rings is 4. The van der Waals surface area contributed by atoms with Crippen molar-refractivity contribution in [3.63, 3.8) is 0 Å². The Balaban J connectivity index is 0.00000137. The molecule has 0 unspecified atom stereocenters. The van der Waals surface area contributed by atoms with E-state index < -0.39 is 22.8 Å². The molecule has 2 aliphatic rings. The van der Waals surface area contributed by atoms with Crippen LogP contribution in [0.25, 0.3) is 11.1 Å². The fourth-order valence-corrected chi connectivity index (χ4v) is 20.6. The van der Waals surface area contributed by atoms with Gasteiger partial charge in [0.25, 0.3) is 0 Å². The van der Waals surface area contributed by atoms with E-state index in [0.29, 0.717) is 4.22 Å². The van der Waals surface area contributed by atoms with Gasteiger partial charge in [0.2, 0.25) is 0 Å². The number of halogens is 2. The van der Waals surface area contributed by atoms with E-state index in [-0.39, 0.29) is 24.8 Å². The molecule has 0 N–H and O–H groups in total. The van der Waals surface area contributed by atoms with E-state index in [9.17, 15) is 0 Å². The van der Waals surface area contributed by atoms with Gasteiger partial charge in [-0.15, -0.1) is 0 Å². The molecule has 4 aromatic carbocycles. The van der Waals surface area contributed by atoms with Crippen molar-refractivity contribution in [2.24, 2.45) is 0 Å². The van der Waals surface area contributed by atoms with Crippen molar-refractivity contribution in [3.8, 4) is 11.1 Å². The van der Waals surface area contributed by atoms with Crippen molar-refractivity contribution in [2.45, 2.75) is 10.6 Å². The topological polar surface area (TPSA) is 0 Å². The largest absolute Gasteiger partial charge is 1.00 e. The summed E-state index contributed by atoms with van der Waals surface area (Å²) in [7, 11) is 0. The number of hydrogen-bond acceptors (Lipinski definition) is 0. The summed E-state index contributed by atoms with van der Waals surface area (Å²) in [6.45, 7) is 0. The molecular weight excluding hydrogens is 507 g/mol. The van der Waals surface area contributed by atoms with Crippen molar-refractivity contribution in [1.29, 1.82) is 0 Å². The molecule has 0 saturated carbocycles. The number of allylic oxidation sites excluding steroid dienone is 4. The second-order valence-corrected chi connectivity index (χ2v) is 18.1. The maximum absolute atomic E-state index is 2.47. The maximum atomic E-state index is 2.47. The first-order valence-electron chi connectivity index (χ1n) is 11.3. The molecule has 4 heteroatoms. The molecule has 4 aromatic rings. The summed E-state index contributed by atoms with van der Waals surface area (Å²) < 4.78 is 2.28. The molecule has 0 aliphatic heterocycles. The molecular formula is C30H24Cl2SiTi. The third-order valence-corrected chi connectivity index (χ3v) is 20.3. The first-order valence-corrected chi connectivity index (χ1v) is 16.8. The van der Waals surface area contributed by atoms with Gasteiger partial charge >= 0.3 is 197 Å². The molecule has 6 rings (SSSR count). The average molecular weight is 531 g/mol. The van der Waals surface area contributed by atoms with Crippen LogP contribution in [0, 0.1) is 0 Å². The summed E-state index contributed by atoms with van der Waals surface area (Å²) in [6.07, 6.45) is 7.33. The van der Waals surface area contributed by atoms with Gasteiger partial charge in [0.1, 0.15) is 0 Å².